The minimum atomic E-state index is -3.27. The number of alkyl halides is 2. The standard InChI is InChI=1S/C29H35F3N4/c1-15(2)22-12-20-13-25-23(14-26(20)36(8)18(22)6)28(35-19(7)34-25)33-17(5)21-10-9-11-24(27(21)30)29(31,32)16(3)4/h9-11,13-17,22H,6,12H2,1-5,7-8H3,(H,33,34,35)/t17-,22+/m1/s1. The summed E-state index contributed by atoms with van der Waals surface area (Å²) in [5, 5.41) is 4.06. The van der Waals surface area contributed by atoms with Crippen molar-refractivity contribution in [2.24, 2.45) is 17.8 Å². The summed E-state index contributed by atoms with van der Waals surface area (Å²) >= 11 is 0. The van der Waals surface area contributed by atoms with E-state index in [-0.39, 0.29) is 5.56 Å². The molecule has 4 rings (SSSR count). The van der Waals surface area contributed by atoms with Crippen LogP contribution in [0.2, 0.25) is 0 Å². The van der Waals surface area contributed by atoms with Gasteiger partial charge < -0.3 is 10.2 Å². The van der Waals surface area contributed by atoms with Gasteiger partial charge in [0.2, 0.25) is 0 Å². The highest BCUT2D eigenvalue weighted by Gasteiger charge is 2.39. The highest BCUT2D eigenvalue weighted by molar-refractivity contribution is 5.93. The lowest BCUT2D eigenvalue weighted by atomic mass is 9.82. The largest absolute Gasteiger partial charge is 0.363 e. The number of anilines is 2. The molecule has 0 amide bonds. The monoisotopic (exact) mass is 496 g/mol. The summed E-state index contributed by atoms with van der Waals surface area (Å²) in [5.41, 5.74) is 3.68. The van der Waals surface area contributed by atoms with Crippen molar-refractivity contribution in [2.75, 3.05) is 17.3 Å². The maximum atomic E-state index is 15.3. The van der Waals surface area contributed by atoms with E-state index >= 15 is 4.39 Å². The van der Waals surface area contributed by atoms with E-state index in [9.17, 15) is 8.78 Å². The fraction of sp³-hybridized carbons (Fsp3) is 0.448. The van der Waals surface area contributed by atoms with Crippen LogP contribution in [0.3, 0.4) is 0 Å². The molecule has 192 valence electrons. The molecule has 0 fully saturated rings. The van der Waals surface area contributed by atoms with Crippen molar-refractivity contribution in [3.05, 3.63) is 70.9 Å². The van der Waals surface area contributed by atoms with Gasteiger partial charge in [0.25, 0.3) is 5.92 Å². The summed E-state index contributed by atoms with van der Waals surface area (Å²) < 4.78 is 44.7. The lowest BCUT2D eigenvalue weighted by Crippen LogP contribution is -2.32. The molecule has 1 aliphatic rings. The van der Waals surface area contributed by atoms with Crippen LogP contribution in [0.5, 0.6) is 0 Å². The van der Waals surface area contributed by atoms with Crippen molar-refractivity contribution in [2.45, 2.75) is 59.9 Å². The number of rotatable bonds is 6. The van der Waals surface area contributed by atoms with Crippen LogP contribution in [0.1, 0.15) is 63.2 Å². The molecule has 2 heterocycles. The lowest BCUT2D eigenvalue weighted by molar-refractivity contribution is -0.0545. The van der Waals surface area contributed by atoms with Gasteiger partial charge in [-0.25, -0.2) is 23.1 Å². The summed E-state index contributed by atoms with van der Waals surface area (Å²) in [5.74, 6) is -3.25. The molecule has 0 bridgehead atoms. The van der Waals surface area contributed by atoms with Gasteiger partial charge in [0.05, 0.1) is 17.1 Å². The first-order valence-electron chi connectivity index (χ1n) is 12.5. The molecule has 4 nitrogen and oxygen atoms in total. The molecule has 36 heavy (non-hydrogen) atoms. The zero-order valence-electron chi connectivity index (χ0n) is 22.1. The first-order valence-corrected chi connectivity index (χ1v) is 12.5. The molecule has 1 aromatic heterocycles. The number of nitrogens with one attached hydrogen (secondary N) is 1. The number of benzene rings is 2. The normalized spacial score (nSPS) is 17.2. The number of hydrogen-bond donors (Lipinski definition) is 1. The van der Waals surface area contributed by atoms with Crippen molar-refractivity contribution in [3.8, 4) is 0 Å². The second-order valence-electron chi connectivity index (χ2n) is 10.6. The van der Waals surface area contributed by atoms with Gasteiger partial charge in [0.1, 0.15) is 17.5 Å². The van der Waals surface area contributed by atoms with Crippen molar-refractivity contribution < 1.29 is 13.2 Å². The molecule has 0 unspecified atom stereocenters. The van der Waals surface area contributed by atoms with E-state index in [1.165, 1.54) is 31.5 Å². The molecule has 1 N–H and O–H groups in total. The maximum absolute atomic E-state index is 15.3. The Hall–Kier alpha value is -3.09. The smallest absolute Gasteiger partial charge is 0.278 e. The quantitative estimate of drug-likeness (QED) is 0.378. The summed E-state index contributed by atoms with van der Waals surface area (Å²) in [6, 6.07) is 7.72. The predicted molar refractivity (Wildman–Crippen MR) is 141 cm³/mol. The molecule has 7 heteroatoms. The van der Waals surface area contributed by atoms with Gasteiger partial charge in [0, 0.05) is 41.2 Å². The molecule has 3 aromatic rings. The average molecular weight is 497 g/mol. The second kappa shape index (κ2) is 9.41. The Morgan fingerprint density at radius 2 is 1.81 bits per heavy atom. The van der Waals surface area contributed by atoms with E-state index in [1.54, 1.807) is 6.92 Å². The number of aryl methyl sites for hydroxylation is 1. The van der Waals surface area contributed by atoms with E-state index in [4.69, 9.17) is 0 Å². The van der Waals surface area contributed by atoms with E-state index in [0.717, 1.165) is 34.8 Å². The molecular weight excluding hydrogens is 461 g/mol. The van der Waals surface area contributed by atoms with Crippen molar-refractivity contribution in [1.29, 1.82) is 0 Å². The van der Waals surface area contributed by atoms with Gasteiger partial charge in [-0.05, 0) is 43.9 Å². The van der Waals surface area contributed by atoms with Gasteiger partial charge in [-0.1, -0.05) is 52.5 Å². The van der Waals surface area contributed by atoms with Crippen LogP contribution in [0.25, 0.3) is 10.9 Å². The zero-order valence-corrected chi connectivity index (χ0v) is 22.1. The van der Waals surface area contributed by atoms with E-state index in [1.807, 2.05) is 20.0 Å². The SMILES string of the molecule is C=C1[C@H](C(C)C)Cc2cc3nc(C)nc(N[C@H](C)c4cccc(C(F)(F)C(C)C)c4F)c3cc2N1C. The third-order valence-electron chi connectivity index (χ3n) is 7.41. The lowest BCUT2D eigenvalue weighted by Gasteiger charge is -2.38. The van der Waals surface area contributed by atoms with Crippen LogP contribution in [0, 0.1) is 30.5 Å². The van der Waals surface area contributed by atoms with Crippen LogP contribution in [0.4, 0.5) is 24.7 Å². The number of aromatic nitrogens is 2. The average Bonchev–Trinajstić information content (AvgIpc) is 2.80. The van der Waals surface area contributed by atoms with Gasteiger partial charge in [-0.2, -0.15) is 0 Å². The van der Waals surface area contributed by atoms with Crippen molar-refractivity contribution in [1.82, 2.24) is 9.97 Å². The topological polar surface area (TPSA) is 41.1 Å². The molecule has 0 saturated carbocycles. The summed E-state index contributed by atoms with van der Waals surface area (Å²) in [7, 11) is 2.02. The Morgan fingerprint density at radius 3 is 2.44 bits per heavy atom. The first kappa shape index (κ1) is 26.0. The highest BCUT2D eigenvalue weighted by atomic mass is 19.3. The number of halogens is 3. The van der Waals surface area contributed by atoms with Gasteiger partial charge in [-0.15, -0.1) is 0 Å². The number of fused-ring (bicyclic) bond motifs is 2. The molecule has 1 aliphatic heterocycles. The van der Waals surface area contributed by atoms with E-state index in [0.29, 0.717) is 23.5 Å². The highest BCUT2D eigenvalue weighted by Crippen LogP contribution is 2.42. The Morgan fingerprint density at radius 1 is 1.11 bits per heavy atom. The van der Waals surface area contributed by atoms with Crippen LogP contribution >= 0.6 is 0 Å². The van der Waals surface area contributed by atoms with E-state index < -0.39 is 29.3 Å². The Balaban J connectivity index is 1.76. The first-order chi connectivity index (χ1) is 16.8. The van der Waals surface area contributed by atoms with Gasteiger partial charge >= 0.3 is 0 Å². The maximum Gasteiger partial charge on any atom is 0.278 e. The number of hydrogen-bond acceptors (Lipinski definition) is 4. The summed E-state index contributed by atoms with van der Waals surface area (Å²) in [4.78, 5) is 11.4. The zero-order chi connectivity index (χ0) is 26.5. The third kappa shape index (κ3) is 4.44. The minimum Gasteiger partial charge on any atom is -0.363 e. The van der Waals surface area contributed by atoms with Crippen molar-refractivity contribution >= 4 is 22.4 Å². The molecule has 0 saturated heterocycles. The second-order valence-corrected chi connectivity index (χ2v) is 10.6. The van der Waals surface area contributed by atoms with Gasteiger partial charge in [-0.3, -0.25) is 0 Å². The molecule has 2 aromatic carbocycles. The predicted octanol–water partition coefficient (Wildman–Crippen LogP) is 7.78. The fourth-order valence-corrected chi connectivity index (χ4v) is 5.02. The summed E-state index contributed by atoms with van der Waals surface area (Å²) in [6.45, 7) is 15.1. The Bertz CT molecular complexity index is 1320. The Kier molecular flexibility index (Phi) is 6.80. The van der Waals surface area contributed by atoms with Crippen LogP contribution in [-0.4, -0.2) is 17.0 Å². The van der Waals surface area contributed by atoms with Crippen molar-refractivity contribution in [3.63, 3.8) is 0 Å². The molecule has 0 aliphatic carbocycles. The minimum absolute atomic E-state index is 0.167. The number of nitrogens with zero attached hydrogens (tertiary/aromatic N) is 3. The van der Waals surface area contributed by atoms with Crippen LogP contribution in [-0.2, 0) is 12.3 Å². The van der Waals surface area contributed by atoms with Gasteiger partial charge in [0.15, 0.2) is 0 Å². The van der Waals surface area contributed by atoms with E-state index in [2.05, 4.69) is 46.7 Å². The summed E-state index contributed by atoms with van der Waals surface area (Å²) in [6.07, 6.45) is 0.885. The van der Waals surface area contributed by atoms with Crippen LogP contribution in [0.15, 0.2) is 42.6 Å². The molecular formula is C29H35F3N4. The third-order valence-corrected chi connectivity index (χ3v) is 7.41. The Labute approximate surface area is 211 Å². The number of allylic oxidation sites excluding steroid dienone is 1. The fourth-order valence-electron chi connectivity index (χ4n) is 5.02. The molecule has 0 spiro atoms. The molecule has 2 atom stereocenters. The molecule has 0 radical (unpaired) electrons. The van der Waals surface area contributed by atoms with Crippen LogP contribution < -0.4 is 10.2 Å².